The van der Waals surface area contributed by atoms with Crippen LogP contribution in [0.5, 0.6) is 11.5 Å². The third-order valence-corrected chi connectivity index (χ3v) is 4.03. The van der Waals surface area contributed by atoms with Gasteiger partial charge in [0.1, 0.15) is 12.4 Å². The van der Waals surface area contributed by atoms with Crippen molar-refractivity contribution in [3.8, 4) is 11.5 Å². The molecule has 0 unspecified atom stereocenters. The molecule has 1 heterocycles. The molecule has 6 heteroatoms. The topological polar surface area (TPSA) is 78.7 Å². The molecule has 1 aliphatic heterocycles. The molecule has 0 aromatic heterocycles. The van der Waals surface area contributed by atoms with Crippen LogP contribution in [0.25, 0.3) is 0 Å². The Morgan fingerprint density at radius 2 is 1.96 bits per heavy atom. The molecule has 2 aromatic rings. The van der Waals surface area contributed by atoms with Crippen LogP contribution in [0.2, 0.25) is 0 Å². The lowest BCUT2D eigenvalue weighted by molar-refractivity contribution is -0.386. The Labute approximate surface area is 139 Å². The van der Waals surface area contributed by atoms with Crippen molar-refractivity contribution in [2.75, 3.05) is 0 Å². The van der Waals surface area contributed by atoms with E-state index >= 15 is 0 Å². The number of hydrogen-bond acceptors (Lipinski definition) is 5. The predicted octanol–water partition coefficient (Wildman–Crippen LogP) is 3.76. The highest BCUT2D eigenvalue weighted by Crippen LogP contribution is 2.44. The molecule has 0 spiro atoms. The molecule has 0 saturated carbocycles. The second-order valence-corrected chi connectivity index (χ2v) is 6.38. The van der Waals surface area contributed by atoms with Crippen molar-refractivity contribution in [3.05, 3.63) is 63.7 Å². The predicted molar refractivity (Wildman–Crippen MR) is 87.1 cm³/mol. The molecule has 0 N–H and O–H groups in total. The number of esters is 1. The zero-order valence-corrected chi connectivity index (χ0v) is 13.4. The Morgan fingerprint density at radius 1 is 1.25 bits per heavy atom. The quantitative estimate of drug-likeness (QED) is 0.370. The van der Waals surface area contributed by atoms with E-state index in [0.717, 1.165) is 11.1 Å². The van der Waals surface area contributed by atoms with Crippen LogP contribution in [0.4, 0.5) is 5.69 Å². The third-order valence-electron chi connectivity index (χ3n) is 4.03. The van der Waals surface area contributed by atoms with Gasteiger partial charge in [-0.1, -0.05) is 44.2 Å². The van der Waals surface area contributed by atoms with E-state index in [1.807, 2.05) is 44.2 Å². The fourth-order valence-corrected chi connectivity index (χ4v) is 2.77. The number of carbonyl (C=O) groups excluding carboxylic acids is 1. The van der Waals surface area contributed by atoms with Crippen LogP contribution in [0.3, 0.4) is 0 Å². The molecular weight excluding hydrogens is 310 g/mol. The highest BCUT2D eigenvalue weighted by Gasteiger charge is 2.36. The van der Waals surface area contributed by atoms with Crippen LogP contribution in [0, 0.1) is 10.1 Å². The van der Waals surface area contributed by atoms with E-state index in [1.54, 1.807) is 6.07 Å². The zero-order valence-electron chi connectivity index (χ0n) is 13.4. The molecule has 0 aliphatic carbocycles. The molecule has 0 amide bonds. The zero-order chi connectivity index (χ0) is 17.3. The first-order valence-corrected chi connectivity index (χ1v) is 7.57. The van der Waals surface area contributed by atoms with Crippen LogP contribution in [-0.4, -0.2) is 10.9 Å². The number of carbonyl (C=O) groups is 1. The van der Waals surface area contributed by atoms with Gasteiger partial charge in [0.05, 0.1) is 17.4 Å². The number of rotatable bonds is 4. The molecule has 2 aromatic carbocycles. The van der Waals surface area contributed by atoms with Gasteiger partial charge in [-0.05, 0) is 11.6 Å². The van der Waals surface area contributed by atoms with Gasteiger partial charge < -0.3 is 9.47 Å². The van der Waals surface area contributed by atoms with Gasteiger partial charge in [0.15, 0.2) is 5.75 Å². The minimum absolute atomic E-state index is 0.175. The van der Waals surface area contributed by atoms with E-state index in [-0.39, 0.29) is 36.2 Å². The summed E-state index contributed by atoms with van der Waals surface area (Å²) in [5.74, 6) is 0.0170. The minimum Gasteiger partial charge on any atom is -0.482 e. The molecule has 0 saturated heterocycles. The van der Waals surface area contributed by atoms with Gasteiger partial charge >= 0.3 is 11.7 Å². The molecule has 3 rings (SSSR count). The standard InChI is InChI=1S/C18H17NO5/c1-18(2)10-17(20)24-15-9-14(19(21)22)16(8-13(15)18)23-11-12-6-4-3-5-7-12/h3-9H,10-11H2,1-2H3. The van der Waals surface area contributed by atoms with Gasteiger partial charge in [-0.25, -0.2) is 0 Å². The summed E-state index contributed by atoms with van der Waals surface area (Å²) in [5, 5.41) is 11.3. The number of nitro benzene ring substituents is 1. The van der Waals surface area contributed by atoms with Crippen molar-refractivity contribution in [2.45, 2.75) is 32.3 Å². The first kappa shape index (κ1) is 16.0. The van der Waals surface area contributed by atoms with E-state index < -0.39 is 10.3 Å². The summed E-state index contributed by atoms with van der Waals surface area (Å²) in [6.45, 7) is 4.03. The van der Waals surface area contributed by atoms with Crippen LogP contribution in [0.15, 0.2) is 42.5 Å². The normalized spacial score (nSPS) is 15.3. The first-order chi connectivity index (χ1) is 11.4. The summed E-state index contributed by atoms with van der Waals surface area (Å²) in [6, 6.07) is 12.3. The van der Waals surface area contributed by atoms with Crippen molar-refractivity contribution in [1.82, 2.24) is 0 Å². The molecule has 0 fully saturated rings. The second kappa shape index (κ2) is 5.96. The molecule has 6 nitrogen and oxygen atoms in total. The van der Waals surface area contributed by atoms with Crippen molar-refractivity contribution in [1.29, 1.82) is 0 Å². The average molecular weight is 327 g/mol. The smallest absolute Gasteiger partial charge is 0.314 e. The maximum atomic E-state index is 11.7. The average Bonchev–Trinajstić information content (AvgIpc) is 2.52. The lowest BCUT2D eigenvalue weighted by Gasteiger charge is -2.31. The third kappa shape index (κ3) is 3.08. The Morgan fingerprint density at radius 3 is 2.62 bits per heavy atom. The van der Waals surface area contributed by atoms with Crippen molar-refractivity contribution < 1.29 is 19.2 Å². The summed E-state index contributed by atoms with van der Waals surface area (Å²) >= 11 is 0. The van der Waals surface area contributed by atoms with E-state index in [4.69, 9.17) is 9.47 Å². The fourth-order valence-electron chi connectivity index (χ4n) is 2.77. The van der Waals surface area contributed by atoms with Crippen molar-refractivity contribution in [2.24, 2.45) is 0 Å². The van der Waals surface area contributed by atoms with Crippen molar-refractivity contribution in [3.63, 3.8) is 0 Å². The van der Waals surface area contributed by atoms with Gasteiger partial charge in [-0.15, -0.1) is 0 Å². The first-order valence-electron chi connectivity index (χ1n) is 7.57. The fraction of sp³-hybridized carbons (Fsp3) is 0.278. The van der Waals surface area contributed by atoms with Crippen LogP contribution in [0.1, 0.15) is 31.4 Å². The largest absolute Gasteiger partial charge is 0.482 e. The Bertz CT molecular complexity index is 799. The van der Waals surface area contributed by atoms with Gasteiger partial charge in [0, 0.05) is 11.0 Å². The van der Waals surface area contributed by atoms with Gasteiger partial charge in [0.25, 0.3) is 0 Å². The molecule has 124 valence electrons. The van der Waals surface area contributed by atoms with Crippen LogP contribution in [-0.2, 0) is 16.8 Å². The summed E-state index contributed by atoms with van der Waals surface area (Å²) in [4.78, 5) is 22.5. The second-order valence-electron chi connectivity index (χ2n) is 6.38. The Hall–Kier alpha value is -2.89. The maximum Gasteiger partial charge on any atom is 0.314 e. The van der Waals surface area contributed by atoms with Crippen molar-refractivity contribution >= 4 is 11.7 Å². The number of hydrogen-bond donors (Lipinski definition) is 0. The SMILES string of the molecule is CC1(C)CC(=O)Oc2cc([N+](=O)[O-])c(OCc3ccccc3)cc21. The van der Waals surface area contributed by atoms with Gasteiger partial charge in [0.2, 0.25) is 0 Å². The van der Waals surface area contributed by atoms with E-state index in [1.165, 1.54) is 6.07 Å². The summed E-state index contributed by atoms with van der Waals surface area (Å²) in [5.41, 5.74) is 0.964. The highest BCUT2D eigenvalue weighted by atomic mass is 16.6. The molecular formula is C18H17NO5. The minimum atomic E-state index is -0.532. The summed E-state index contributed by atoms with van der Waals surface area (Å²) < 4.78 is 10.9. The van der Waals surface area contributed by atoms with Crippen LogP contribution >= 0.6 is 0 Å². The highest BCUT2D eigenvalue weighted by molar-refractivity contribution is 5.78. The number of ether oxygens (including phenoxy) is 2. The Kier molecular flexibility index (Phi) is 3.97. The summed E-state index contributed by atoms with van der Waals surface area (Å²) in [6.07, 6.45) is 0.218. The molecule has 24 heavy (non-hydrogen) atoms. The number of fused-ring (bicyclic) bond motifs is 1. The Balaban J connectivity index is 1.99. The lowest BCUT2D eigenvalue weighted by atomic mass is 9.79. The maximum absolute atomic E-state index is 11.7. The number of benzene rings is 2. The molecule has 0 atom stereocenters. The van der Waals surface area contributed by atoms with E-state index in [0.29, 0.717) is 0 Å². The van der Waals surface area contributed by atoms with E-state index in [9.17, 15) is 14.9 Å². The lowest BCUT2D eigenvalue weighted by Crippen LogP contribution is -2.30. The van der Waals surface area contributed by atoms with Crippen LogP contribution < -0.4 is 9.47 Å². The molecule has 0 bridgehead atoms. The summed E-state index contributed by atoms with van der Waals surface area (Å²) in [7, 11) is 0. The van der Waals surface area contributed by atoms with E-state index in [2.05, 4.69) is 0 Å². The number of nitrogens with zero attached hydrogens (tertiary/aromatic N) is 1. The van der Waals surface area contributed by atoms with Gasteiger partial charge in [-0.2, -0.15) is 0 Å². The number of nitro groups is 1. The van der Waals surface area contributed by atoms with Gasteiger partial charge in [-0.3, -0.25) is 14.9 Å². The monoisotopic (exact) mass is 327 g/mol. The molecule has 1 aliphatic rings. The molecule has 0 radical (unpaired) electrons.